The van der Waals surface area contributed by atoms with Gasteiger partial charge in [0.05, 0.1) is 17.4 Å². The molecule has 0 atom stereocenters. The second kappa shape index (κ2) is 4.67. The zero-order chi connectivity index (χ0) is 14.4. The number of nitrogens with zero attached hydrogens (tertiary/aromatic N) is 3. The molecule has 0 unspecified atom stereocenters. The summed E-state index contributed by atoms with van der Waals surface area (Å²) >= 11 is 6.15. The van der Waals surface area contributed by atoms with Gasteiger partial charge < -0.3 is 0 Å². The van der Waals surface area contributed by atoms with Crippen LogP contribution >= 0.6 is 11.6 Å². The predicted octanol–water partition coefficient (Wildman–Crippen LogP) is 3.80. The van der Waals surface area contributed by atoms with Crippen molar-refractivity contribution in [2.75, 3.05) is 0 Å². The van der Waals surface area contributed by atoms with E-state index in [2.05, 4.69) is 45.3 Å². The van der Waals surface area contributed by atoms with Gasteiger partial charge in [0.15, 0.2) is 0 Å². The van der Waals surface area contributed by atoms with Gasteiger partial charge in [-0.05, 0) is 48.6 Å². The summed E-state index contributed by atoms with van der Waals surface area (Å²) in [5.41, 5.74) is 6.81. The molecule has 0 saturated heterocycles. The van der Waals surface area contributed by atoms with E-state index in [-0.39, 0.29) is 0 Å². The molecule has 0 fully saturated rings. The maximum Gasteiger partial charge on any atom is 0.136 e. The van der Waals surface area contributed by atoms with Crippen molar-refractivity contribution in [1.29, 1.82) is 0 Å². The molecule has 104 valence electrons. The Morgan fingerprint density at radius 1 is 1.19 bits per heavy atom. The van der Waals surface area contributed by atoms with Crippen LogP contribution in [0.2, 0.25) is 5.15 Å². The van der Waals surface area contributed by atoms with E-state index < -0.39 is 0 Å². The van der Waals surface area contributed by atoms with Gasteiger partial charge in [-0.15, -0.1) is 0 Å². The van der Waals surface area contributed by atoms with Crippen molar-refractivity contribution >= 4 is 34.2 Å². The lowest BCUT2D eigenvalue weighted by molar-refractivity contribution is 0.951. The maximum atomic E-state index is 6.15. The molecule has 0 spiro atoms. The highest BCUT2D eigenvalue weighted by molar-refractivity contribution is 6.30. The summed E-state index contributed by atoms with van der Waals surface area (Å²) in [5, 5.41) is 8.91. The van der Waals surface area contributed by atoms with Gasteiger partial charge in [0.2, 0.25) is 0 Å². The minimum Gasteiger partial charge on any atom is -0.278 e. The maximum absolute atomic E-state index is 6.15. The Morgan fingerprint density at radius 3 is 3.00 bits per heavy atom. The van der Waals surface area contributed by atoms with E-state index in [1.165, 1.54) is 23.0 Å². The number of hydrogen-bond donors (Lipinski definition) is 1. The molecule has 1 aliphatic rings. The van der Waals surface area contributed by atoms with Crippen LogP contribution in [0.3, 0.4) is 0 Å². The van der Waals surface area contributed by atoms with E-state index in [0.29, 0.717) is 5.15 Å². The van der Waals surface area contributed by atoms with Crippen LogP contribution in [0.25, 0.3) is 22.6 Å². The van der Waals surface area contributed by atoms with Crippen LogP contribution in [0.5, 0.6) is 0 Å². The van der Waals surface area contributed by atoms with E-state index in [4.69, 9.17) is 11.6 Å². The Kier molecular flexibility index (Phi) is 2.79. The van der Waals surface area contributed by atoms with E-state index in [0.717, 1.165) is 35.0 Å². The van der Waals surface area contributed by atoms with Crippen LogP contribution in [-0.4, -0.2) is 20.2 Å². The molecule has 4 rings (SSSR count). The molecule has 1 aromatic carbocycles. The highest BCUT2D eigenvalue weighted by Gasteiger charge is 2.19. The summed E-state index contributed by atoms with van der Waals surface area (Å²) in [5.74, 6) is 0. The summed E-state index contributed by atoms with van der Waals surface area (Å²) in [4.78, 5) is 8.42. The van der Waals surface area contributed by atoms with Gasteiger partial charge in [0, 0.05) is 10.9 Å². The first-order chi connectivity index (χ1) is 10.2. The van der Waals surface area contributed by atoms with Gasteiger partial charge in [0.1, 0.15) is 11.5 Å². The smallest absolute Gasteiger partial charge is 0.136 e. The van der Waals surface area contributed by atoms with Gasteiger partial charge in [-0.2, -0.15) is 5.10 Å². The van der Waals surface area contributed by atoms with Crippen LogP contribution in [-0.2, 0) is 6.42 Å². The monoisotopic (exact) mass is 296 g/mol. The molecule has 0 saturated carbocycles. The van der Waals surface area contributed by atoms with Crippen LogP contribution in [0, 0.1) is 6.92 Å². The van der Waals surface area contributed by atoms with Crippen LogP contribution < -0.4 is 0 Å². The van der Waals surface area contributed by atoms with Crippen molar-refractivity contribution in [1.82, 2.24) is 20.2 Å². The Labute approximate surface area is 126 Å². The predicted molar refractivity (Wildman–Crippen MR) is 84.1 cm³/mol. The summed E-state index contributed by atoms with van der Waals surface area (Å²) in [6.07, 6.45) is 7.34. The first-order valence-corrected chi connectivity index (χ1v) is 7.25. The molecule has 1 aliphatic carbocycles. The fourth-order valence-corrected chi connectivity index (χ4v) is 3.24. The molecule has 5 heteroatoms. The molecule has 0 aliphatic heterocycles. The third kappa shape index (κ3) is 1.94. The lowest BCUT2D eigenvalue weighted by Gasteiger charge is -2.18. The zero-order valence-electron chi connectivity index (χ0n) is 11.5. The molecule has 21 heavy (non-hydrogen) atoms. The first-order valence-electron chi connectivity index (χ1n) is 6.87. The third-order valence-corrected chi connectivity index (χ3v) is 4.36. The molecule has 0 radical (unpaired) electrons. The number of aromatic nitrogens is 4. The highest BCUT2D eigenvalue weighted by atomic mass is 35.5. The number of allylic oxidation sites excluding steroid dienone is 1. The van der Waals surface area contributed by atoms with Gasteiger partial charge in [-0.1, -0.05) is 17.7 Å². The number of halogens is 1. The molecule has 4 nitrogen and oxygen atoms in total. The number of nitrogens with one attached hydrogen (secondary N) is 1. The van der Waals surface area contributed by atoms with Gasteiger partial charge in [-0.25, -0.2) is 9.97 Å². The average molecular weight is 297 g/mol. The van der Waals surface area contributed by atoms with Gasteiger partial charge in [-0.3, -0.25) is 5.10 Å². The number of H-pyrrole nitrogens is 1. The Bertz CT molecular complexity index is 879. The van der Waals surface area contributed by atoms with Crippen LogP contribution in [0.15, 0.2) is 24.7 Å². The number of rotatable bonds is 1. The number of hydrogen-bond acceptors (Lipinski definition) is 3. The quantitative estimate of drug-likeness (QED) is 0.695. The fraction of sp³-hybridized carbons (Fsp3) is 0.188. The Hall–Kier alpha value is -2.20. The van der Waals surface area contributed by atoms with Crippen molar-refractivity contribution in [2.24, 2.45) is 0 Å². The largest absolute Gasteiger partial charge is 0.278 e. The number of fused-ring (bicyclic) bond motifs is 2. The molecule has 0 amide bonds. The second-order valence-corrected chi connectivity index (χ2v) is 5.64. The van der Waals surface area contributed by atoms with Crippen molar-refractivity contribution in [2.45, 2.75) is 19.8 Å². The SMILES string of the molecule is Cc1ccc2[nH]ncc2c1C1=Cc2ncnc(Cl)c2CC1. The highest BCUT2D eigenvalue weighted by Crippen LogP contribution is 2.36. The van der Waals surface area contributed by atoms with E-state index in [1.807, 2.05) is 6.20 Å². The first kappa shape index (κ1) is 12.5. The molecular formula is C16H13ClN4. The number of aromatic amines is 1. The van der Waals surface area contributed by atoms with Crippen molar-refractivity contribution in [3.63, 3.8) is 0 Å². The summed E-state index contributed by atoms with van der Waals surface area (Å²) in [6.45, 7) is 2.13. The van der Waals surface area contributed by atoms with Crippen LogP contribution in [0.1, 0.15) is 28.8 Å². The third-order valence-electron chi connectivity index (χ3n) is 4.04. The fourth-order valence-electron chi connectivity index (χ4n) is 3.01. The molecule has 1 N–H and O–H groups in total. The zero-order valence-corrected chi connectivity index (χ0v) is 12.3. The molecular weight excluding hydrogens is 284 g/mol. The number of aryl methyl sites for hydroxylation is 1. The minimum absolute atomic E-state index is 0.563. The van der Waals surface area contributed by atoms with Crippen molar-refractivity contribution in [3.8, 4) is 0 Å². The van der Waals surface area contributed by atoms with Gasteiger partial charge in [0.25, 0.3) is 0 Å². The number of benzene rings is 1. The normalized spacial score (nSPS) is 14.1. The van der Waals surface area contributed by atoms with Crippen LogP contribution in [0.4, 0.5) is 0 Å². The minimum atomic E-state index is 0.563. The Morgan fingerprint density at radius 2 is 2.10 bits per heavy atom. The molecule has 0 bridgehead atoms. The lowest BCUT2D eigenvalue weighted by atomic mass is 9.88. The lowest BCUT2D eigenvalue weighted by Crippen LogP contribution is -2.04. The average Bonchev–Trinajstić information content (AvgIpc) is 2.95. The van der Waals surface area contributed by atoms with E-state index in [9.17, 15) is 0 Å². The summed E-state index contributed by atoms with van der Waals surface area (Å²) in [6, 6.07) is 4.19. The summed E-state index contributed by atoms with van der Waals surface area (Å²) < 4.78 is 0. The van der Waals surface area contributed by atoms with E-state index >= 15 is 0 Å². The van der Waals surface area contributed by atoms with Crippen molar-refractivity contribution in [3.05, 3.63) is 52.2 Å². The van der Waals surface area contributed by atoms with E-state index in [1.54, 1.807) is 0 Å². The standard InChI is InChI=1S/C16H13ClN4/c1-9-2-5-13-12(7-20-21-13)15(9)10-3-4-11-14(6-10)18-8-19-16(11)17/h2,5-8H,3-4H2,1H3,(H,20,21). The molecule has 2 heterocycles. The van der Waals surface area contributed by atoms with Gasteiger partial charge >= 0.3 is 0 Å². The van der Waals surface area contributed by atoms with Crippen molar-refractivity contribution < 1.29 is 0 Å². The molecule has 3 aromatic rings. The Balaban J connectivity index is 1.94. The summed E-state index contributed by atoms with van der Waals surface area (Å²) in [7, 11) is 0. The second-order valence-electron chi connectivity index (χ2n) is 5.29. The topological polar surface area (TPSA) is 54.5 Å². The molecule has 2 aromatic heterocycles.